The Morgan fingerprint density at radius 2 is 1.93 bits per heavy atom. The zero-order valence-electron chi connectivity index (χ0n) is 15.8. The van der Waals surface area contributed by atoms with Crippen LogP contribution in [-0.4, -0.2) is 54.8 Å². The zero-order chi connectivity index (χ0) is 19.0. The van der Waals surface area contributed by atoms with E-state index in [9.17, 15) is 9.59 Å². The van der Waals surface area contributed by atoms with Gasteiger partial charge in [-0.3, -0.25) is 14.5 Å². The molecule has 0 saturated carbocycles. The van der Waals surface area contributed by atoms with Crippen molar-refractivity contribution in [3.8, 4) is 0 Å². The van der Waals surface area contributed by atoms with Crippen molar-refractivity contribution in [2.45, 2.75) is 13.5 Å². The van der Waals surface area contributed by atoms with Crippen LogP contribution in [0.25, 0.3) is 0 Å². The van der Waals surface area contributed by atoms with Gasteiger partial charge in [0.2, 0.25) is 5.91 Å². The summed E-state index contributed by atoms with van der Waals surface area (Å²) in [6.07, 6.45) is 1.54. The molecule has 3 heterocycles. The number of nitrogens with zero attached hydrogens (tertiary/aromatic N) is 2. The third-order valence-electron chi connectivity index (χ3n) is 5.92. The molecule has 27 heavy (non-hydrogen) atoms. The van der Waals surface area contributed by atoms with Crippen molar-refractivity contribution >= 4 is 11.8 Å². The predicted octanol–water partition coefficient (Wildman–Crippen LogP) is 1.91. The van der Waals surface area contributed by atoms with Crippen LogP contribution in [0.15, 0.2) is 47.1 Å². The number of hydrogen-bond acceptors (Lipinski definition) is 4. The average Bonchev–Trinajstić information content (AvgIpc) is 3.24. The van der Waals surface area contributed by atoms with Gasteiger partial charge in [-0.15, -0.1) is 0 Å². The van der Waals surface area contributed by atoms with Gasteiger partial charge >= 0.3 is 0 Å². The van der Waals surface area contributed by atoms with Crippen LogP contribution in [0.4, 0.5) is 0 Å². The van der Waals surface area contributed by atoms with Gasteiger partial charge in [0, 0.05) is 45.2 Å². The summed E-state index contributed by atoms with van der Waals surface area (Å²) in [6.45, 7) is 5.40. The fourth-order valence-electron chi connectivity index (χ4n) is 4.52. The lowest BCUT2D eigenvalue weighted by Gasteiger charge is -2.50. The quantitative estimate of drug-likeness (QED) is 0.897. The van der Waals surface area contributed by atoms with Crippen LogP contribution in [0.5, 0.6) is 0 Å². The standard InChI is InChI=1S/C21H25N3O3/c1-15-17(8-9-27-15)20(26)24-13-21(14-24)12-23(11-18(21)19(25)22-2)10-16-6-4-3-5-7-16/h3-9,18H,10-14H2,1-2H3,(H,22,25). The molecule has 1 spiro atoms. The lowest BCUT2D eigenvalue weighted by atomic mass is 9.71. The van der Waals surface area contributed by atoms with E-state index in [0.29, 0.717) is 24.4 Å². The summed E-state index contributed by atoms with van der Waals surface area (Å²) in [5, 5.41) is 2.81. The summed E-state index contributed by atoms with van der Waals surface area (Å²) in [7, 11) is 1.69. The molecule has 2 saturated heterocycles. The Hall–Kier alpha value is -2.60. The van der Waals surface area contributed by atoms with E-state index in [-0.39, 0.29) is 23.1 Å². The van der Waals surface area contributed by atoms with Crippen LogP contribution in [0.1, 0.15) is 21.7 Å². The third-order valence-corrected chi connectivity index (χ3v) is 5.92. The maximum atomic E-state index is 12.7. The summed E-state index contributed by atoms with van der Waals surface area (Å²) in [5.74, 6) is 0.600. The van der Waals surface area contributed by atoms with Gasteiger partial charge in [-0.05, 0) is 18.6 Å². The van der Waals surface area contributed by atoms with Crippen molar-refractivity contribution in [3.63, 3.8) is 0 Å². The summed E-state index contributed by atoms with van der Waals surface area (Å²) in [4.78, 5) is 29.4. The molecule has 1 unspecified atom stereocenters. The molecular weight excluding hydrogens is 342 g/mol. The maximum Gasteiger partial charge on any atom is 0.257 e. The van der Waals surface area contributed by atoms with Crippen molar-refractivity contribution in [2.75, 3.05) is 33.2 Å². The van der Waals surface area contributed by atoms with Gasteiger partial charge in [-0.2, -0.15) is 0 Å². The molecule has 6 heteroatoms. The van der Waals surface area contributed by atoms with Gasteiger partial charge < -0.3 is 14.6 Å². The van der Waals surface area contributed by atoms with E-state index in [0.717, 1.165) is 19.6 Å². The first kappa shape index (κ1) is 17.8. The molecule has 1 N–H and O–H groups in total. The number of rotatable bonds is 4. The molecule has 6 nitrogen and oxygen atoms in total. The second-order valence-corrected chi connectivity index (χ2v) is 7.74. The number of aryl methyl sites for hydroxylation is 1. The van der Waals surface area contributed by atoms with E-state index < -0.39 is 0 Å². The van der Waals surface area contributed by atoms with Gasteiger partial charge in [0.25, 0.3) is 5.91 Å². The highest BCUT2D eigenvalue weighted by Crippen LogP contribution is 2.45. The molecule has 1 atom stereocenters. The van der Waals surface area contributed by atoms with Gasteiger partial charge in [-0.1, -0.05) is 30.3 Å². The van der Waals surface area contributed by atoms with Crippen molar-refractivity contribution in [2.24, 2.45) is 11.3 Å². The highest BCUT2D eigenvalue weighted by Gasteiger charge is 2.57. The third kappa shape index (κ3) is 3.14. The molecule has 4 rings (SSSR count). The molecule has 2 aliphatic rings. The van der Waals surface area contributed by atoms with E-state index >= 15 is 0 Å². The lowest BCUT2D eigenvalue weighted by Crippen LogP contribution is -2.63. The molecule has 0 radical (unpaired) electrons. The van der Waals surface area contributed by atoms with E-state index in [1.54, 1.807) is 26.3 Å². The predicted molar refractivity (Wildman–Crippen MR) is 101 cm³/mol. The smallest absolute Gasteiger partial charge is 0.257 e. The van der Waals surface area contributed by atoms with Crippen molar-refractivity contribution in [1.29, 1.82) is 0 Å². The van der Waals surface area contributed by atoms with Crippen molar-refractivity contribution < 1.29 is 14.0 Å². The molecule has 2 fully saturated rings. The molecule has 1 aromatic carbocycles. The SMILES string of the molecule is CNC(=O)C1CN(Cc2ccccc2)CC12CN(C(=O)c1ccoc1C)C2. The topological polar surface area (TPSA) is 65.8 Å². The van der Waals surface area contributed by atoms with Crippen LogP contribution in [0.3, 0.4) is 0 Å². The molecule has 2 aromatic rings. The van der Waals surface area contributed by atoms with Gasteiger partial charge in [0.1, 0.15) is 5.76 Å². The first-order valence-corrected chi connectivity index (χ1v) is 9.34. The number of carbonyl (C=O) groups excluding carboxylic acids is 2. The first-order chi connectivity index (χ1) is 13.0. The number of hydrogen-bond donors (Lipinski definition) is 1. The molecule has 1 aromatic heterocycles. The second kappa shape index (κ2) is 6.85. The summed E-state index contributed by atoms with van der Waals surface area (Å²) < 4.78 is 5.26. The van der Waals surface area contributed by atoms with E-state index in [1.807, 2.05) is 23.1 Å². The molecular formula is C21H25N3O3. The summed E-state index contributed by atoms with van der Waals surface area (Å²) >= 11 is 0. The fraction of sp³-hybridized carbons (Fsp3) is 0.429. The number of carbonyl (C=O) groups is 2. The van der Waals surface area contributed by atoms with Crippen LogP contribution in [0.2, 0.25) is 0 Å². The minimum Gasteiger partial charge on any atom is -0.469 e. The molecule has 0 bridgehead atoms. The highest BCUT2D eigenvalue weighted by atomic mass is 16.3. The maximum absolute atomic E-state index is 12.7. The lowest BCUT2D eigenvalue weighted by molar-refractivity contribution is -0.130. The highest BCUT2D eigenvalue weighted by molar-refractivity contribution is 5.96. The number of amides is 2. The number of benzene rings is 1. The number of furan rings is 1. The van der Waals surface area contributed by atoms with E-state index in [4.69, 9.17) is 4.42 Å². The van der Waals surface area contributed by atoms with Gasteiger partial charge in [0.15, 0.2) is 0 Å². The number of likely N-dealkylation sites (tertiary alicyclic amines) is 2. The van der Waals surface area contributed by atoms with Gasteiger partial charge in [-0.25, -0.2) is 0 Å². The summed E-state index contributed by atoms with van der Waals surface area (Å²) in [5.41, 5.74) is 1.69. The molecule has 2 amide bonds. The molecule has 0 aliphatic carbocycles. The minimum absolute atomic E-state index is 0.0101. The number of nitrogens with one attached hydrogen (secondary N) is 1. The Morgan fingerprint density at radius 3 is 2.56 bits per heavy atom. The van der Waals surface area contributed by atoms with Crippen LogP contribution < -0.4 is 5.32 Å². The fourth-order valence-corrected chi connectivity index (χ4v) is 4.52. The Morgan fingerprint density at radius 1 is 1.19 bits per heavy atom. The van der Waals surface area contributed by atoms with Crippen LogP contribution in [0, 0.1) is 18.3 Å². The average molecular weight is 367 g/mol. The molecule has 142 valence electrons. The molecule has 2 aliphatic heterocycles. The van der Waals surface area contributed by atoms with Crippen LogP contribution in [-0.2, 0) is 11.3 Å². The Balaban J connectivity index is 1.48. The van der Waals surface area contributed by atoms with Crippen molar-refractivity contribution in [3.05, 3.63) is 59.5 Å². The zero-order valence-corrected chi connectivity index (χ0v) is 15.8. The second-order valence-electron chi connectivity index (χ2n) is 7.74. The Labute approximate surface area is 159 Å². The Bertz CT molecular complexity index is 839. The minimum atomic E-state index is -0.165. The normalized spacial score (nSPS) is 21.3. The largest absolute Gasteiger partial charge is 0.469 e. The van der Waals surface area contributed by atoms with E-state index in [1.165, 1.54) is 5.56 Å². The van der Waals surface area contributed by atoms with Gasteiger partial charge in [0.05, 0.1) is 17.7 Å². The van der Waals surface area contributed by atoms with Crippen molar-refractivity contribution in [1.82, 2.24) is 15.1 Å². The Kier molecular flexibility index (Phi) is 4.52. The first-order valence-electron chi connectivity index (χ1n) is 9.34. The summed E-state index contributed by atoms with van der Waals surface area (Å²) in [6, 6.07) is 12.0. The monoisotopic (exact) mass is 367 g/mol. The van der Waals surface area contributed by atoms with E-state index in [2.05, 4.69) is 22.3 Å². The van der Waals surface area contributed by atoms with Crippen LogP contribution >= 0.6 is 0 Å².